The summed E-state index contributed by atoms with van der Waals surface area (Å²) in [5.41, 5.74) is 1.59. The SMILES string of the molecule is C[C@H](NC(=O)OC(C)(C)C)C(=O)Cc1cccc(Cl)c1C(=O)Nc1cscn1. The van der Waals surface area contributed by atoms with Crippen LogP contribution in [0, 0.1) is 0 Å². The summed E-state index contributed by atoms with van der Waals surface area (Å²) in [4.78, 5) is 41.0. The summed E-state index contributed by atoms with van der Waals surface area (Å²) in [6.07, 6.45) is -0.752. The zero-order valence-electron chi connectivity index (χ0n) is 16.0. The van der Waals surface area contributed by atoms with Gasteiger partial charge in [0, 0.05) is 11.8 Å². The van der Waals surface area contributed by atoms with E-state index in [9.17, 15) is 14.4 Å². The molecule has 0 unspecified atom stereocenters. The van der Waals surface area contributed by atoms with Gasteiger partial charge < -0.3 is 15.4 Å². The first kappa shape index (κ1) is 21.8. The molecule has 2 rings (SSSR count). The lowest BCUT2D eigenvalue weighted by Gasteiger charge is -2.21. The van der Waals surface area contributed by atoms with Gasteiger partial charge in [-0.25, -0.2) is 9.78 Å². The Kier molecular flexibility index (Phi) is 7.15. The van der Waals surface area contributed by atoms with E-state index in [2.05, 4.69) is 15.6 Å². The second-order valence-electron chi connectivity index (χ2n) is 7.11. The predicted octanol–water partition coefficient (Wildman–Crippen LogP) is 4.07. The molecule has 0 saturated carbocycles. The zero-order chi connectivity index (χ0) is 20.9. The van der Waals surface area contributed by atoms with E-state index in [1.54, 1.807) is 56.8 Å². The van der Waals surface area contributed by atoms with Gasteiger partial charge in [0.15, 0.2) is 5.78 Å². The van der Waals surface area contributed by atoms with Crippen LogP contribution < -0.4 is 10.6 Å². The van der Waals surface area contributed by atoms with E-state index in [1.807, 2.05) is 0 Å². The van der Waals surface area contributed by atoms with Gasteiger partial charge in [-0.3, -0.25) is 9.59 Å². The number of nitrogens with zero attached hydrogens (tertiary/aromatic N) is 1. The molecule has 2 N–H and O–H groups in total. The average molecular weight is 424 g/mol. The molecule has 0 spiro atoms. The lowest BCUT2D eigenvalue weighted by Crippen LogP contribution is -2.42. The van der Waals surface area contributed by atoms with Crippen LogP contribution in [0.25, 0.3) is 0 Å². The van der Waals surface area contributed by atoms with Crippen molar-refractivity contribution in [3.8, 4) is 0 Å². The van der Waals surface area contributed by atoms with E-state index in [-0.39, 0.29) is 22.8 Å². The van der Waals surface area contributed by atoms with Gasteiger partial charge in [-0.05, 0) is 39.3 Å². The topological polar surface area (TPSA) is 97.4 Å². The number of benzene rings is 1. The predicted molar refractivity (Wildman–Crippen MR) is 109 cm³/mol. The van der Waals surface area contributed by atoms with Crippen LogP contribution in [-0.4, -0.2) is 34.4 Å². The van der Waals surface area contributed by atoms with E-state index in [4.69, 9.17) is 16.3 Å². The minimum atomic E-state index is -0.789. The molecule has 1 aromatic heterocycles. The molecule has 28 heavy (non-hydrogen) atoms. The standard InChI is InChI=1S/C19H22ClN3O4S/c1-11(22-18(26)27-19(2,3)4)14(24)8-12-6-5-7-13(20)16(12)17(25)23-15-9-28-10-21-15/h5-7,9-11H,8H2,1-4H3,(H,22,26)(H,23,25)/t11-/m0/s1. The number of carbonyl (C=O) groups excluding carboxylic acids is 3. The van der Waals surface area contributed by atoms with Crippen LogP contribution in [0.1, 0.15) is 43.6 Å². The monoisotopic (exact) mass is 423 g/mol. The Balaban J connectivity index is 2.10. The van der Waals surface area contributed by atoms with Crippen LogP contribution in [0.2, 0.25) is 5.02 Å². The van der Waals surface area contributed by atoms with Crippen LogP contribution in [0.4, 0.5) is 10.6 Å². The first-order chi connectivity index (χ1) is 13.1. The van der Waals surface area contributed by atoms with Gasteiger partial charge in [0.2, 0.25) is 0 Å². The molecule has 150 valence electrons. The van der Waals surface area contributed by atoms with Crippen LogP contribution in [0.15, 0.2) is 29.1 Å². The van der Waals surface area contributed by atoms with Crippen molar-refractivity contribution in [1.82, 2.24) is 10.3 Å². The molecule has 2 amide bonds. The lowest BCUT2D eigenvalue weighted by molar-refractivity contribution is -0.120. The first-order valence-electron chi connectivity index (χ1n) is 8.56. The number of ether oxygens (including phenoxy) is 1. The van der Waals surface area contributed by atoms with Crippen molar-refractivity contribution >= 4 is 46.5 Å². The molecular weight excluding hydrogens is 402 g/mol. The Labute approximate surface area is 172 Å². The molecule has 0 aliphatic rings. The first-order valence-corrected chi connectivity index (χ1v) is 9.88. The molecule has 2 aromatic rings. The third kappa shape index (κ3) is 6.31. The van der Waals surface area contributed by atoms with Gasteiger partial charge >= 0.3 is 6.09 Å². The Morgan fingerprint density at radius 1 is 1.29 bits per heavy atom. The highest BCUT2D eigenvalue weighted by atomic mass is 35.5. The maximum Gasteiger partial charge on any atom is 0.408 e. The number of ketones is 1. The summed E-state index contributed by atoms with van der Waals surface area (Å²) in [6.45, 7) is 6.76. The van der Waals surface area contributed by atoms with E-state index in [0.717, 1.165) is 0 Å². The third-order valence-electron chi connectivity index (χ3n) is 3.58. The number of anilines is 1. The van der Waals surface area contributed by atoms with Crippen molar-refractivity contribution in [2.24, 2.45) is 0 Å². The highest BCUT2D eigenvalue weighted by molar-refractivity contribution is 7.07. The Hall–Kier alpha value is -2.45. The largest absolute Gasteiger partial charge is 0.444 e. The van der Waals surface area contributed by atoms with E-state index >= 15 is 0 Å². The van der Waals surface area contributed by atoms with Crippen molar-refractivity contribution in [2.45, 2.75) is 45.8 Å². The number of hydrogen-bond donors (Lipinski definition) is 2. The molecule has 0 radical (unpaired) electrons. The van der Waals surface area contributed by atoms with Crippen LogP contribution in [0.5, 0.6) is 0 Å². The minimum Gasteiger partial charge on any atom is -0.444 e. The Morgan fingerprint density at radius 2 is 2.00 bits per heavy atom. The number of amides is 2. The van der Waals surface area contributed by atoms with Crippen molar-refractivity contribution in [3.05, 3.63) is 45.2 Å². The summed E-state index contributed by atoms with van der Waals surface area (Å²) in [5, 5.41) is 7.07. The molecule has 0 aliphatic heterocycles. The number of nitrogens with one attached hydrogen (secondary N) is 2. The van der Waals surface area contributed by atoms with Crippen molar-refractivity contribution in [3.63, 3.8) is 0 Å². The number of hydrogen-bond acceptors (Lipinski definition) is 6. The highest BCUT2D eigenvalue weighted by Crippen LogP contribution is 2.23. The molecular formula is C19H22ClN3O4S. The second-order valence-corrected chi connectivity index (χ2v) is 8.24. The van der Waals surface area contributed by atoms with E-state index in [0.29, 0.717) is 11.4 Å². The number of Topliss-reactive ketones (excluding diaryl/α,β-unsaturated/α-hetero) is 1. The molecule has 1 atom stereocenters. The van der Waals surface area contributed by atoms with Crippen molar-refractivity contribution in [2.75, 3.05) is 5.32 Å². The maximum absolute atomic E-state index is 12.6. The Morgan fingerprint density at radius 3 is 2.61 bits per heavy atom. The molecule has 1 aromatic carbocycles. The second kappa shape index (κ2) is 9.16. The van der Waals surface area contributed by atoms with Gasteiger partial charge in [-0.15, -0.1) is 11.3 Å². The summed E-state index contributed by atoms with van der Waals surface area (Å²) >= 11 is 7.55. The fourth-order valence-corrected chi connectivity index (χ4v) is 3.09. The molecule has 7 nitrogen and oxygen atoms in total. The van der Waals surface area contributed by atoms with Crippen molar-refractivity contribution < 1.29 is 19.1 Å². The molecule has 0 bridgehead atoms. The zero-order valence-corrected chi connectivity index (χ0v) is 17.6. The van der Waals surface area contributed by atoms with Crippen LogP contribution in [-0.2, 0) is 16.0 Å². The van der Waals surface area contributed by atoms with E-state index in [1.165, 1.54) is 11.3 Å². The summed E-state index contributed by atoms with van der Waals surface area (Å²) in [6, 6.07) is 4.10. The van der Waals surface area contributed by atoms with Gasteiger partial charge in [-0.2, -0.15) is 0 Å². The Bertz CT molecular complexity index is 863. The normalized spacial score (nSPS) is 12.2. The summed E-state index contributed by atoms with van der Waals surface area (Å²) < 4.78 is 5.16. The van der Waals surface area contributed by atoms with Gasteiger partial charge in [0.05, 0.1) is 22.1 Å². The minimum absolute atomic E-state index is 0.0721. The molecule has 0 saturated heterocycles. The molecule has 1 heterocycles. The summed E-state index contributed by atoms with van der Waals surface area (Å²) in [5.74, 6) is -0.324. The third-order valence-corrected chi connectivity index (χ3v) is 4.48. The highest BCUT2D eigenvalue weighted by Gasteiger charge is 2.23. The molecule has 0 aliphatic carbocycles. The maximum atomic E-state index is 12.6. The quantitative estimate of drug-likeness (QED) is 0.729. The number of halogens is 1. The van der Waals surface area contributed by atoms with Gasteiger partial charge in [-0.1, -0.05) is 23.7 Å². The summed E-state index contributed by atoms with van der Waals surface area (Å²) in [7, 11) is 0. The lowest BCUT2D eigenvalue weighted by atomic mass is 9.99. The van der Waals surface area contributed by atoms with Crippen LogP contribution >= 0.6 is 22.9 Å². The van der Waals surface area contributed by atoms with Gasteiger partial charge in [0.25, 0.3) is 5.91 Å². The number of alkyl carbamates (subject to hydrolysis) is 1. The van der Waals surface area contributed by atoms with Gasteiger partial charge in [0.1, 0.15) is 11.4 Å². The fourth-order valence-electron chi connectivity index (χ4n) is 2.33. The fraction of sp³-hybridized carbons (Fsp3) is 0.368. The number of aromatic nitrogens is 1. The average Bonchev–Trinajstić information content (AvgIpc) is 3.05. The molecule has 0 fully saturated rings. The van der Waals surface area contributed by atoms with Crippen molar-refractivity contribution in [1.29, 1.82) is 0 Å². The number of thiazole rings is 1. The smallest absolute Gasteiger partial charge is 0.408 e. The molecule has 9 heteroatoms. The number of rotatable bonds is 6. The van der Waals surface area contributed by atoms with Crippen LogP contribution in [0.3, 0.4) is 0 Å². The number of carbonyl (C=O) groups is 3. The van der Waals surface area contributed by atoms with E-state index < -0.39 is 23.6 Å².